The molecule has 0 radical (unpaired) electrons. The van der Waals surface area contributed by atoms with Crippen LogP contribution in [0.2, 0.25) is 0 Å². The predicted octanol–water partition coefficient (Wildman–Crippen LogP) is 5.82. The van der Waals surface area contributed by atoms with Crippen molar-refractivity contribution in [1.29, 1.82) is 0 Å². The molecule has 1 saturated carbocycles. The standard InChI is InChI=1S/C24H27FN2O2S/c1-16-20(25)10-5-11-21(16)27-23(29)15-30-24(27)18-8-4-9-19(14-18)26-22(28)13-12-17-6-2-3-7-17/h4-5,8-11,14,17,24H,2-3,6-7,12-13,15H2,1H3,(H,26,28). The number of rotatable bonds is 6. The van der Waals surface area contributed by atoms with Crippen molar-refractivity contribution < 1.29 is 14.0 Å². The van der Waals surface area contributed by atoms with Gasteiger partial charge in [-0.2, -0.15) is 0 Å². The van der Waals surface area contributed by atoms with Crippen LogP contribution in [-0.2, 0) is 9.59 Å². The quantitative estimate of drug-likeness (QED) is 0.633. The molecule has 1 atom stereocenters. The zero-order valence-electron chi connectivity index (χ0n) is 17.2. The number of carbonyl (C=O) groups excluding carboxylic acids is 2. The Bertz CT molecular complexity index is 943. The molecule has 4 nitrogen and oxygen atoms in total. The highest BCUT2D eigenvalue weighted by atomic mass is 32.2. The third kappa shape index (κ3) is 4.53. The lowest BCUT2D eigenvalue weighted by Gasteiger charge is -2.26. The van der Waals surface area contributed by atoms with Gasteiger partial charge in [0.05, 0.1) is 11.4 Å². The van der Waals surface area contributed by atoms with Crippen LogP contribution in [0.1, 0.15) is 55.0 Å². The third-order valence-corrected chi connectivity index (χ3v) is 7.29. The van der Waals surface area contributed by atoms with Crippen LogP contribution < -0.4 is 10.2 Å². The van der Waals surface area contributed by atoms with Gasteiger partial charge in [0.15, 0.2) is 0 Å². The summed E-state index contributed by atoms with van der Waals surface area (Å²) in [6.45, 7) is 1.69. The normalized spacial score (nSPS) is 19.5. The van der Waals surface area contributed by atoms with Gasteiger partial charge in [0, 0.05) is 17.7 Å². The Kier molecular flexibility index (Phi) is 6.42. The number of thioether (sulfide) groups is 1. The fraction of sp³-hybridized carbons (Fsp3) is 0.417. The molecule has 2 fully saturated rings. The number of hydrogen-bond acceptors (Lipinski definition) is 3. The Morgan fingerprint density at radius 1 is 1.20 bits per heavy atom. The van der Waals surface area contributed by atoms with E-state index < -0.39 is 0 Å². The fourth-order valence-corrected chi connectivity index (χ4v) is 5.57. The van der Waals surface area contributed by atoms with Gasteiger partial charge in [-0.25, -0.2) is 4.39 Å². The van der Waals surface area contributed by atoms with Crippen LogP contribution in [0.5, 0.6) is 0 Å². The van der Waals surface area contributed by atoms with Crippen molar-refractivity contribution in [2.75, 3.05) is 16.0 Å². The van der Waals surface area contributed by atoms with Gasteiger partial charge in [0.2, 0.25) is 11.8 Å². The second kappa shape index (κ2) is 9.21. The molecule has 4 rings (SSSR count). The highest BCUT2D eigenvalue weighted by molar-refractivity contribution is 8.00. The molecule has 0 bridgehead atoms. The number of amides is 2. The Balaban J connectivity index is 1.48. The van der Waals surface area contributed by atoms with Gasteiger partial charge >= 0.3 is 0 Å². The molecule has 1 unspecified atom stereocenters. The van der Waals surface area contributed by atoms with Crippen molar-refractivity contribution in [1.82, 2.24) is 0 Å². The number of anilines is 2. The summed E-state index contributed by atoms with van der Waals surface area (Å²) in [6.07, 6.45) is 6.54. The van der Waals surface area contributed by atoms with Crippen LogP contribution in [0.25, 0.3) is 0 Å². The number of benzene rings is 2. The molecule has 0 aromatic heterocycles. The second-order valence-electron chi connectivity index (χ2n) is 8.17. The van der Waals surface area contributed by atoms with E-state index in [2.05, 4.69) is 5.32 Å². The molecule has 1 heterocycles. The molecule has 2 aromatic rings. The first-order valence-corrected chi connectivity index (χ1v) is 11.7. The van der Waals surface area contributed by atoms with Crippen molar-refractivity contribution in [3.63, 3.8) is 0 Å². The molecule has 2 aromatic carbocycles. The maximum atomic E-state index is 14.1. The zero-order valence-corrected chi connectivity index (χ0v) is 18.0. The van der Waals surface area contributed by atoms with E-state index in [1.165, 1.54) is 43.5 Å². The second-order valence-corrected chi connectivity index (χ2v) is 9.24. The van der Waals surface area contributed by atoms with Crippen molar-refractivity contribution in [2.24, 2.45) is 5.92 Å². The third-order valence-electron chi connectivity index (χ3n) is 6.08. The van der Waals surface area contributed by atoms with Crippen molar-refractivity contribution in [2.45, 2.75) is 50.8 Å². The number of hydrogen-bond donors (Lipinski definition) is 1. The largest absolute Gasteiger partial charge is 0.326 e. The van der Waals surface area contributed by atoms with Crippen LogP contribution in [-0.4, -0.2) is 17.6 Å². The summed E-state index contributed by atoms with van der Waals surface area (Å²) >= 11 is 1.52. The molecule has 2 aliphatic rings. The minimum atomic E-state index is -0.320. The van der Waals surface area contributed by atoms with Crippen molar-refractivity contribution in [3.8, 4) is 0 Å². The molecule has 1 aliphatic carbocycles. The lowest BCUT2D eigenvalue weighted by Crippen LogP contribution is -2.28. The highest BCUT2D eigenvalue weighted by Crippen LogP contribution is 2.43. The molecular formula is C24H27FN2O2S. The summed E-state index contributed by atoms with van der Waals surface area (Å²) in [5.41, 5.74) is 2.72. The number of nitrogens with zero attached hydrogens (tertiary/aromatic N) is 1. The Morgan fingerprint density at radius 2 is 1.97 bits per heavy atom. The summed E-state index contributed by atoms with van der Waals surface area (Å²) in [5, 5.41) is 2.76. The van der Waals surface area contributed by atoms with E-state index >= 15 is 0 Å². The van der Waals surface area contributed by atoms with E-state index in [4.69, 9.17) is 0 Å². The predicted molar refractivity (Wildman–Crippen MR) is 120 cm³/mol. The molecule has 158 valence electrons. The molecular weight excluding hydrogens is 399 g/mol. The Labute approximate surface area is 181 Å². The molecule has 1 N–H and O–H groups in total. The zero-order chi connectivity index (χ0) is 21.1. The SMILES string of the molecule is Cc1c(F)cccc1N1C(=O)CSC1c1cccc(NC(=O)CCC2CCCC2)c1. The lowest BCUT2D eigenvalue weighted by molar-refractivity contribution is -0.117. The topological polar surface area (TPSA) is 49.4 Å². The van der Waals surface area contributed by atoms with Gasteiger partial charge in [0.1, 0.15) is 11.2 Å². The van der Waals surface area contributed by atoms with E-state index in [9.17, 15) is 14.0 Å². The lowest BCUT2D eigenvalue weighted by atomic mass is 10.0. The summed E-state index contributed by atoms with van der Waals surface area (Å²) in [6, 6.07) is 12.5. The van der Waals surface area contributed by atoms with E-state index in [1.54, 1.807) is 24.0 Å². The fourth-order valence-electron chi connectivity index (χ4n) is 4.42. The maximum Gasteiger partial charge on any atom is 0.238 e. The Morgan fingerprint density at radius 3 is 2.77 bits per heavy atom. The molecule has 1 saturated heterocycles. The van der Waals surface area contributed by atoms with E-state index in [0.717, 1.165) is 17.7 Å². The monoisotopic (exact) mass is 426 g/mol. The van der Waals surface area contributed by atoms with Crippen LogP contribution in [0, 0.1) is 18.7 Å². The molecule has 2 amide bonds. The summed E-state index contributed by atoms with van der Waals surface area (Å²) in [7, 11) is 0. The number of carbonyl (C=O) groups is 2. The summed E-state index contributed by atoms with van der Waals surface area (Å²) in [5.74, 6) is 0.709. The molecule has 1 aliphatic heterocycles. The van der Waals surface area contributed by atoms with E-state index in [0.29, 0.717) is 29.3 Å². The van der Waals surface area contributed by atoms with E-state index in [-0.39, 0.29) is 23.0 Å². The average molecular weight is 427 g/mol. The van der Waals surface area contributed by atoms with Crippen molar-refractivity contribution >= 4 is 35.0 Å². The molecule has 30 heavy (non-hydrogen) atoms. The Hall–Kier alpha value is -2.34. The van der Waals surface area contributed by atoms with Gasteiger partial charge < -0.3 is 5.32 Å². The van der Waals surface area contributed by atoms with Gasteiger partial charge in [-0.05, 0) is 49.1 Å². The first-order chi connectivity index (χ1) is 14.5. The summed E-state index contributed by atoms with van der Waals surface area (Å²) < 4.78 is 14.1. The molecule has 0 spiro atoms. The van der Waals surface area contributed by atoms with Gasteiger partial charge in [-0.1, -0.05) is 43.9 Å². The van der Waals surface area contributed by atoms with Crippen LogP contribution >= 0.6 is 11.8 Å². The van der Waals surface area contributed by atoms with Gasteiger partial charge in [0.25, 0.3) is 0 Å². The maximum absolute atomic E-state index is 14.1. The van der Waals surface area contributed by atoms with E-state index in [1.807, 2.05) is 24.3 Å². The smallest absolute Gasteiger partial charge is 0.238 e. The van der Waals surface area contributed by atoms with Gasteiger partial charge in [-0.15, -0.1) is 11.8 Å². The minimum absolute atomic E-state index is 0.0343. The number of halogens is 1. The first-order valence-electron chi connectivity index (χ1n) is 10.6. The van der Waals surface area contributed by atoms with Gasteiger partial charge in [-0.3, -0.25) is 14.5 Å². The first kappa shape index (κ1) is 20.9. The minimum Gasteiger partial charge on any atom is -0.326 e. The van der Waals surface area contributed by atoms with Crippen LogP contribution in [0.3, 0.4) is 0 Å². The van der Waals surface area contributed by atoms with Crippen LogP contribution in [0.15, 0.2) is 42.5 Å². The number of nitrogens with one attached hydrogen (secondary N) is 1. The average Bonchev–Trinajstić information content (AvgIpc) is 3.39. The summed E-state index contributed by atoms with van der Waals surface area (Å²) in [4.78, 5) is 26.7. The van der Waals surface area contributed by atoms with Crippen LogP contribution in [0.4, 0.5) is 15.8 Å². The highest BCUT2D eigenvalue weighted by Gasteiger charge is 2.35. The molecule has 6 heteroatoms. The van der Waals surface area contributed by atoms with Crippen molar-refractivity contribution in [3.05, 3.63) is 59.4 Å².